The molecule has 0 saturated heterocycles. The van der Waals surface area contributed by atoms with Crippen LogP contribution in [0.1, 0.15) is 19.8 Å². The fourth-order valence-corrected chi connectivity index (χ4v) is 1.49. The van der Waals surface area contributed by atoms with Crippen LogP contribution in [0.25, 0.3) is 10.9 Å². The van der Waals surface area contributed by atoms with E-state index in [1.165, 1.54) is 0 Å². The van der Waals surface area contributed by atoms with Crippen molar-refractivity contribution in [2.24, 2.45) is 0 Å². The number of benzene rings is 1. The summed E-state index contributed by atoms with van der Waals surface area (Å²) >= 11 is 0. The quantitative estimate of drug-likeness (QED) is 0.799. The van der Waals surface area contributed by atoms with Gasteiger partial charge in [-0.15, -0.1) is 0 Å². The molecule has 0 aliphatic carbocycles. The molecule has 1 aromatic heterocycles. The number of anilines is 1. The van der Waals surface area contributed by atoms with Gasteiger partial charge in [0.1, 0.15) is 0 Å². The summed E-state index contributed by atoms with van der Waals surface area (Å²) in [5, 5.41) is 0.910. The monoisotopic (exact) mass is 217 g/mol. The fourth-order valence-electron chi connectivity index (χ4n) is 1.49. The molecule has 0 atom stereocenters. The Morgan fingerprint density at radius 3 is 2.88 bits per heavy atom. The van der Waals surface area contributed by atoms with E-state index in [4.69, 9.17) is 10.5 Å². The van der Waals surface area contributed by atoms with Crippen molar-refractivity contribution in [3.05, 3.63) is 24.3 Å². The van der Waals surface area contributed by atoms with Crippen molar-refractivity contribution in [3.8, 4) is 5.88 Å². The van der Waals surface area contributed by atoms with E-state index in [0.29, 0.717) is 12.5 Å². The second kappa shape index (κ2) is 4.79. The van der Waals surface area contributed by atoms with E-state index in [9.17, 15) is 0 Å². The van der Waals surface area contributed by atoms with Crippen LogP contribution in [0.15, 0.2) is 24.3 Å². The molecule has 2 rings (SSSR count). The molecule has 84 valence electrons. The molecular formula is C12H15N3O. The van der Waals surface area contributed by atoms with Crippen LogP contribution in [0.2, 0.25) is 0 Å². The van der Waals surface area contributed by atoms with Crippen molar-refractivity contribution < 1.29 is 4.74 Å². The first kappa shape index (κ1) is 10.7. The normalized spacial score (nSPS) is 10.6. The first-order valence-corrected chi connectivity index (χ1v) is 5.46. The zero-order valence-corrected chi connectivity index (χ0v) is 9.31. The zero-order chi connectivity index (χ0) is 11.4. The Balaban J connectivity index is 2.34. The number of hydrogen-bond acceptors (Lipinski definition) is 4. The molecule has 2 N–H and O–H groups in total. The summed E-state index contributed by atoms with van der Waals surface area (Å²) in [4.78, 5) is 8.27. The average Bonchev–Trinajstić information content (AvgIpc) is 2.29. The van der Waals surface area contributed by atoms with E-state index in [1.807, 2.05) is 24.3 Å². The Morgan fingerprint density at radius 2 is 2.06 bits per heavy atom. The third-order valence-electron chi connectivity index (χ3n) is 2.32. The lowest BCUT2D eigenvalue weighted by Gasteiger charge is -2.07. The molecule has 0 bridgehead atoms. The van der Waals surface area contributed by atoms with Crippen LogP contribution in [0.4, 0.5) is 5.95 Å². The van der Waals surface area contributed by atoms with E-state index in [-0.39, 0.29) is 5.95 Å². The van der Waals surface area contributed by atoms with Gasteiger partial charge in [-0.05, 0) is 18.6 Å². The van der Waals surface area contributed by atoms with Crippen LogP contribution < -0.4 is 10.5 Å². The molecule has 0 radical (unpaired) electrons. The molecule has 0 aliphatic rings. The molecular weight excluding hydrogens is 202 g/mol. The van der Waals surface area contributed by atoms with Crippen molar-refractivity contribution in [1.29, 1.82) is 0 Å². The number of rotatable bonds is 4. The van der Waals surface area contributed by atoms with Crippen LogP contribution in [0.3, 0.4) is 0 Å². The largest absolute Gasteiger partial charge is 0.477 e. The predicted molar refractivity (Wildman–Crippen MR) is 64.4 cm³/mol. The van der Waals surface area contributed by atoms with E-state index in [2.05, 4.69) is 16.9 Å². The fraction of sp³-hybridized carbons (Fsp3) is 0.333. The van der Waals surface area contributed by atoms with Crippen LogP contribution in [-0.4, -0.2) is 16.6 Å². The summed E-state index contributed by atoms with van der Waals surface area (Å²) in [6.07, 6.45) is 2.11. The highest BCUT2D eigenvalue weighted by molar-refractivity contribution is 5.84. The highest BCUT2D eigenvalue weighted by Crippen LogP contribution is 2.22. The lowest BCUT2D eigenvalue weighted by atomic mass is 10.2. The van der Waals surface area contributed by atoms with Gasteiger partial charge in [-0.2, -0.15) is 4.98 Å². The van der Waals surface area contributed by atoms with E-state index >= 15 is 0 Å². The van der Waals surface area contributed by atoms with Gasteiger partial charge in [0.15, 0.2) is 0 Å². The molecule has 0 unspecified atom stereocenters. The summed E-state index contributed by atoms with van der Waals surface area (Å²) in [5.41, 5.74) is 6.45. The number of nitrogen functional groups attached to an aromatic ring is 1. The van der Waals surface area contributed by atoms with Crippen LogP contribution in [0, 0.1) is 0 Å². The minimum absolute atomic E-state index is 0.255. The number of ether oxygens (including phenoxy) is 1. The van der Waals surface area contributed by atoms with Gasteiger partial charge in [0.2, 0.25) is 11.8 Å². The molecule has 4 heteroatoms. The first-order chi connectivity index (χ1) is 7.81. The predicted octanol–water partition coefficient (Wildman–Crippen LogP) is 2.39. The molecule has 1 heterocycles. The summed E-state index contributed by atoms with van der Waals surface area (Å²) in [5.74, 6) is 0.835. The number of fused-ring (bicyclic) bond motifs is 1. The molecule has 1 aromatic carbocycles. The van der Waals surface area contributed by atoms with Gasteiger partial charge in [-0.25, -0.2) is 4.98 Å². The lowest BCUT2D eigenvalue weighted by molar-refractivity contribution is 0.302. The molecule has 0 fully saturated rings. The van der Waals surface area contributed by atoms with Crippen LogP contribution in [-0.2, 0) is 0 Å². The minimum Gasteiger partial charge on any atom is -0.477 e. The third kappa shape index (κ3) is 2.21. The average molecular weight is 217 g/mol. The van der Waals surface area contributed by atoms with Crippen molar-refractivity contribution in [2.45, 2.75) is 19.8 Å². The molecule has 0 spiro atoms. The zero-order valence-electron chi connectivity index (χ0n) is 9.31. The number of hydrogen-bond donors (Lipinski definition) is 1. The maximum atomic E-state index is 5.63. The van der Waals surface area contributed by atoms with E-state index < -0.39 is 0 Å². The Labute approximate surface area is 94.5 Å². The van der Waals surface area contributed by atoms with Crippen molar-refractivity contribution in [3.63, 3.8) is 0 Å². The van der Waals surface area contributed by atoms with Crippen molar-refractivity contribution in [1.82, 2.24) is 9.97 Å². The van der Waals surface area contributed by atoms with Gasteiger partial charge in [-0.3, -0.25) is 0 Å². The second-order valence-electron chi connectivity index (χ2n) is 3.61. The Bertz CT molecular complexity index is 485. The highest BCUT2D eigenvalue weighted by atomic mass is 16.5. The van der Waals surface area contributed by atoms with Gasteiger partial charge >= 0.3 is 0 Å². The third-order valence-corrected chi connectivity index (χ3v) is 2.32. The van der Waals surface area contributed by atoms with E-state index in [0.717, 1.165) is 23.7 Å². The smallest absolute Gasteiger partial charge is 0.226 e. The molecule has 4 nitrogen and oxygen atoms in total. The SMILES string of the molecule is CCCCOc1nc(N)nc2ccccc12. The lowest BCUT2D eigenvalue weighted by Crippen LogP contribution is -2.03. The molecule has 2 aromatic rings. The minimum atomic E-state index is 0.255. The summed E-state index contributed by atoms with van der Waals surface area (Å²) in [7, 11) is 0. The first-order valence-electron chi connectivity index (χ1n) is 5.46. The van der Waals surface area contributed by atoms with Gasteiger partial charge in [0.05, 0.1) is 17.5 Å². The summed E-state index contributed by atoms with van der Waals surface area (Å²) in [6.45, 7) is 2.78. The van der Waals surface area contributed by atoms with Gasteiger partial charge in [0, 0.05) is 0 Å². The molecule has 0 saturated carbocycles. The number of para-hydroxylation sites is 1. The van der Waals surface area contributed by atoms with E-state index in [1.54, 1.807) is 0 Å². The second-order valence-corrected chi connectivity index (χ2v) is 3.61. The van der Waals surface area contributed by atoms with Crippen molar-refractivity contribution in [2.75, 3.05) is 12.3 Å². The number of nitrogens with two attached hydrogens (primary N) is 1. The molecule has 16 heavy (non-hydrogen) atoms. The van der Waals surface area contributed by atoms with Gasteiger partial charge in [0.25, 0.3) is 0 Å². The number of nitrogens with zero attached hydrogens (tertiary/aromatic N) is 2. The molecule has 0 aliphatic heterocycles. The topological polar surface area (TPSA) is 61.0 Å². The Morgan fingerprint density at radius 1 is 1.25 bits per heavy atom. The maximum absolute atomic E-state index is 5.63. The summed E-state index contributed by atoms with van der Waals surface area (Å²) in [6, 6.07) is 7.70. The Hall–Kier alpha value is -1.84. The number of aromatic nitrogens is 2. The maximum Gasteiger partial charge on any atom is 0.226 e. The van der Waals surface area contributed by atoms with Crippen molar-refractivity contribution >= 4 is 16.9 Å². The van der Waals surface area contributed by atoms with Crippen LogP contribution >= 0.6 is 0 Å². The van der Waals surface area contributed by atoms with Gasteiger partial charge < -0.3 is 10.5 Å². The summed E-state index contributed by atoms with van der Waals surface area (Å²) < 4.78 is 5.61. The van der Waals surface area contributed by atoms with Gasteiger partial charge in [-0.1, -0.05) is 25.5 Å². The standard InChI is InChI=1S/C12H15N3O/c1-2-3-8-16-11-9-6-4-5-7-10(9)14-12(13)15-11/h4-7H,2-3,8H2,1H3,(H2,13,14,15). The number of unbranched alkanes of at least 4 members (excludes halogenated alkanes) is 1. The Kier molecular flexibility index (Phi) is 3.19. The highest BCUT2D eigenvalue weighted by Gasteiger charge is 2.05. The van der Waals surface area contributed by atoms with Crippen LogP contribution in [0.5, 0.6) is 5.88 Å². The molecule has 0 amide bonds.